The van der Waals surface area contributed by atoms with Gasteiger partial charge in [-0.3, -0.25) is 9.78 Å². The first-order valence-corrected chi connectivity index (χ1v) is 18.3. The van der Waals surface area contributed by atoms with Gasteiger partial charge >= 0.3 is 0 Å². The van der Waals surface area contributed by atoms with E-state index >= 15 is 0 Å². The minimum Gasteiger partial charge on any atom is -0.384 e. The van der Waals surface area contributed by atoms with Crippen LogP contribution in [0.4, 0.5) is 23.3 Å². The standard InChI is InChI=1S/C25H23ClN8O.C6H5IN4.C6H6N4/c1-13-5-21(27)33-14(2)18(13)9-30-25(35)19-11-34(24-22(19)23(28)31-12-32-24)10-15-3-4-20-16(6-15)7-17(26)8-29-20;7-3-1-9-6-4(3)5(8)10-2-11-6;7-5-4-1-2-8-6(4)10-3-9-5/h3-8,11-12H,9-10H2,1-2H3,(H2,27,33)(H,30,35)(H2,28,31,32);1-2H,(H3,8,9,10,11);1-3H,(H3,7,8,9,10). The fourth-order valence-corrected chi connectivity index (χ4v) is 7.00. The summed E-state index contributed by atoms with van der Waals surface area (Å²) in [5, 5.41) is 6.78. The normalized spacial score (nSPS) is 11.0. The number of pyridine rings is 2. The Morgan fingerprint density at radius 3 is 2.34 bits per heavy atom. The first-order chi connectivity index (χ1) is 27.0. The number of aromatic amines is 2. The number of halogens is 2. The number of anilines is 4. The van der Waals surface area contributed by atoms with E-state index in [0.717, 1.165) is 58.9 Å². The third kappa shape index (κ3) is 7.91. The van der Waals surface area contributed by atoms with Gasteiger partial charge in [-0.1, -0.05) is 17.7 Å². The molecule has 1 amide bonds. The Morgan fingerprint density at radius 2 is 1.59 bits per heavy atom. The fraction of sp³-hybridized carbons (Fsp3) is 0.108. The molecule has 8 heterocycles. The van der Waals surface area contributed by atoms with E-state index in [1.54, 1.807) is 24.7 Å². The first-order valence-electron chi connectivity index (χ1n) is 16.9. The van der Waals surface area contributed by atoms with Crippen LogP contribution in [0.1, 0.15) is 32.7 Å². The lowest BCUT2D eigenvalue weighted by molar-refractivity contribution is 0.0952. The van der Waals surface area contributed by atoms with Crippen LogP contribution in [-0.4, -0.2) is 60.3 Å². The molecule has 1 aromatic carbocycles. The molecule has 0 bridgehead atoms. The molecule has 282 valence electrons. The molecule has 0 spiro atoms. The molecule has 0 aliphatic heterocycles. The molecule has 0 radical (unpaired) electrons. The average molecular weight is 881 g/mol. The molecule has 9 aromatic rings. The lowest BCUT2D eigenvalue weighted by Gasteiger charge is -2.11. The summed E-state index contributed by atoms with van der Waals surface area (Å²) in [4.78, 5) is 52.0. The summed E-state index contributed by atoms with van der Waals surface area (Å²) >= 11 is 8.30. The van der Waals surface area contributed by atoms with Gasteiger partial charge in [-0.2, -0.15) is 0 Å². The molecule has 0 aliphatic rings. The summed E-state index contributed by atoms with van der Waals surface area (Å²) in [7, 11) is 0. The molecule has 0 saturated carbocycles. The molecule has 0 fully saturated rings. The van der Waals surface area contributed by atoms with Crippen LogP contribution < -0.4 is 28.3 Å². The number of carbonyl (C=O) groups excluding carboxylic acids is 1. The lowest BCUT2D eigenvalue weighted by Crippen LogP contribution is -2.24. The van der Waals surface area contributed by atoms with Crippen LogP contribution in [0, 0.1) is 17.4 Å². The number of carbonyl (C=O) groups is 1. The van der Waals surface area contributed by atoms with Crippen LogP contribution in [0.15, 0.2) is 80.2 Å². The Morgan fingerprint density at radius 1 is 0.857 bits per heavy atom. The van der Waals surface area contributed by atoms with Crippen LogP contribution in [0.25, 0.3) is 44.0 Å². The number of nitrogens with zero attached hydrogens (tertiary/aromatic N) is 9. The van der Waals surface area contributed by atoms with Gasteiger partial charge in [-0.15, -0.1) is 0 Å². The Kier molecular flexibility index (Phi) is 10.7. The summed E-state index contributed by atoms with van der Waals surface area (Å²) < 4.78 is 2.94. The Hall–Kier alpha value is -6.67. The monoisotopic (exact) mass is 880 g/mol. The number of rotatable bonds is 5. The quantitative estimate of drug-likeness (QED) is 0.106. The van der Waals surface area contributed by atoms with Crippen LogP contribution in [-0.2, 0) is 13.1 Å². The molecule has 11 N–H and O–H groups in total. The van der Waals surface area contributed by atoms with Gasteiger partial charge in [0.15, 0.2) is 0 Å². The zero-order valence-electron chi connectivity index (χ0n) is 29.9. The highest BCUT2D eigenvalue weighted by atomic mass is 127. The Labute approximate surface area is 336 Å². The van der Waals surface area contributed by atoms with Crippen LogP contribution in [0.2, 0.25) is 5.02 Å². The van der Waals surface area contributed by atoms with Crippen molar-refractivity contribution < 1.29 is 4.79 Å². The van der Waals surface area contributed by atoms with Gasteiger partial charge in [-0.05, 0) is 83.5 Å². The van der Waals surface area contributed by atoms with Crippen molar-refractivity contribution in [2.45, 2.75) is 26.9 Å². The highest BCUT2D eigenvalue weighted by molar-refractivity contribution is 14.1. The molecule has 0 aliphatic carbocycles. The van der Waals surface area contributed by atoms with Gasteiger partial charge in [0.2, 0.25) is 0 Å². The average Bonchev–Trinajstić information content (AvgIpc) is 3.91. The van der Waals surface area contributed by atoms with E-state index in [4.69, 9.17) is 34.5 Å². The third-order valence-electron chi connectivity index (χ3n) is 8.83. The fourth-order valence-electron chi connectivity index (χ4n) is 6.15. The third-order valence-corrected chi connectivity index (χ3v) is 9.89. The number of hydrogen-bond donors (Lipinski definition) is 7. The van der Waals surface area contributed by atoms with Crippen LogP contribution >= 0.6 is 34.2 Å². The second-order valence-corrected chi connectivity index (χ2v) is 14.1. The minimum atomic E-state index is -0.277. The number of amides is 1. The molecule has 56 heavy (non-hydrogen) atoms. The Balaban J connectivity index is 0.000000183. The SMILES string of the molecule is Cc1cc(N)nc(C)c1CNC(=O)c1cn(Cc2ccc3ncc(Cl)cc3c2)c2ncnc(N)c12.Nc1ncnc2[nH]cc(I)c12.Nc1ncnc2[nH]ccc12. The maximum atomic E-state index is 13.2. The van der Waals surface area contributed by atoms with Crippen molar-refractivity contribution in [1.29, 1.82) is 0 Å². The van der Waals surface area contributed by atoms with E-state index in [2.05, 4.69) is 77.7 Å². The molecule has 8 aromatic heterocycles. The number of nitrogens with one attached hydrogen (secondary N) is 3. The molecule has 0 saturated heterocycles. The van der Waals surface area contributed by atoms with Crippen molar-refractivity contribution >= 4 is 107 Å². The van der Waals surface area contributed by atoms with E-state index in [0.29, 0.717) is 52.2 Å². The van der Waals surface area contributed by atoms with Crippen LogP contribution in [0.3, 0.4) is 0 Å². The van der Waals surface area contributed by atoms with Crippen molar-refractivity contribution in [2.24, 2.45) is 0 Å². The van der Waals surface area contributed by atoms with Gasteiger partial charge in [0, 0.05) is 52.5 Å². The molecule has 0 atom stereocenters. The maximum absolute atomic E-state index is 13.2. The van der Waals surface area contributed by atoms with E-state index in [1.165, 1.54) is 19.0 Å². The van der Waals surface area contributed by atoms with Crippen molar-refractivity contribution in [3.05, 3.63) is 117 Å². The first kappa shape index (κ1) is 37.6. The molecule has 17 nitrogen and oxygen atoms in total. The number of fused-ring (bicyclic) bond motifs is 4. The predicted molar refractivity (Wildman–Crippen MR) is 226 cm³/mol. The molecular formula is C37H34ClIN16O. The summed E-state index contributed by atoms with van der Waals surface area (Å²) in [6.45, 7) is 4.59. The van der Waals surface area contributed by atoms with Gasteiger partial charge in [0.25, 0.3) is 5.91 Å². The summed E-state index contributed by atoms with van der Waals surface area (Å²) in [6, 6.07) is 11.5. The molecule has 9 rings (SSSR count). The summed E-state index contributed by atoms with van der Waals surface area (Å²) in [5.74, 6) is 1.47. The zero-order chi connectivity index (χ0) is 39.5. The number of benzene rings is 1. The zero-order valence-corrected chi connectivity index (χ0v) is 32.8. The molecule has 19 heteroatoms. The van der Waals surface area contributed by atoms with Crippen molar-refractivity contribution in [3.8, 4) is 0 Å². The second kappa shape index (κ2) is 16.0. The smallest absolute Gasteiger partial charge is 0.253 e. The highest BCUT2D eigenvalue weighted by Crippen LogP contribution is 2.27. The minimum absolute atomic E-state index is 0.245. The maximum Gasteiger partial charge on any atom is 0.253 e. The predicted octanol–water partition coefficient (Wildman–Crippen LogP) is 5.47. The van der Waals surface area contributed by atoms with Gasteiger partial charge in [-0.25, -0.2) is 34.9 Å². The van der Waals surface area contributed by atoms with Crippen molar-refractivity contribution in [1.82, 2.24) is 59.7 Å². The number of aryl methyl sites for hydroxylation is 2. The van der Waals surface area contributed by atoms with E-state index < -0.39 is 0 Å². The molecular weight excluding hydrogens is 847 g/mol. The number of aromatic nitrogens is 11. The lowest BCUT2D eigenvalue weighted by atomic mass is 10.1. The number of nitrogens with two attached hydrogens (primary N) is 4. The van der Waals surface area contributed by atoms with Gasteiger partial charge in [0.05, 0.1) is 32.3 Å². The van der Waals surface area contributed by atoms with Crippen LogP contribution in [0.5, 0.6) is 0 Å². The summed E-state index contributed by atoms with van der Waals surface area (Å²) in [5.41, 5.74) is 30.2. The topological polar surface area (TPSA) is 273 Å². The molecule has 0 unspecified atom stereocenters. The summed E-state index contributed by atoms with van der Waals surface area (Å²) in [6.07, 6.45) is 11.3. The van der Waals surface area contributed by atoms with Crippen molar-refractivity contribution in [2.75, 3.05) is 22.9 Å². The Bertz CT molecular complexity index is 2860. The number of nitrogen functional groups attached to an aromatic ring is 4. The van der Waals surface area contributed by atoms with Gasteiger partial charge < -0.3 is 42.8 Å². The van der Waals surface area contributed by atoms with E-state index in [1.807, 2.05) is 54.9 Å². The second-order valence-electron chi connectivity index (χ2n) is 12.5. The van der Waals surface area contributed by atoms with E-state index in [-0.39, 0.29) is 11.7 Å². The highest BCUT2D eigenvalue weighted by Gasteiger charge is 2.20. The number of H-pyrrole nitrogens is 2. The number of hydrogen-bond acceptors (Lipinski definition) is 13. The van der Waals surface area contributed by atoms with Crippen molar-refractivity contribution in [3.63, 3.8) is 0 Å². The van der Waals surface area contributed by atoms with E-state index in [9.17, 15) is 4.79 Å². The largest absolute Gasteiger partial charge is 0.384 e. The van der Waals surface area contributed by atoms with Gasteiger partial charge in [0.1, 0.15) is 59.2 Å².